The van der Waals surface area contributed by atoms with Gasteiger partial charge in [0.15, 0.2) is 5.76 Å². The first-order chi connectivity index (χ1) is 17.8. The number of aryl methyl sites for hydroxylation is 1. The van der Waals surface area contributed by atoms with E-state index in [-0.39, 0.29) is 46.7 Å². The molecule has 1 atom stereocenters. The van der Waals surface area contributed by atoms with Gasteiger partial charge in [0.1, 0.15) is 23.0 Å². The third kappa shape index (κ3) is 4.92. The number of oxazole rings is 1. The second-order valence-electron chi connectivity index (χ2n) is 8.84. The van der Waals surface area contributed by atoms with Gasteiger partial charge in [0.2, 0.25) is 0 Å². The Morgan fingerprint density at radius 1 is 1.19 bits per heavy atom. The van der Waals surface area contributed by atoms with Crippen molar-refractivity contribution >= 4 is 12.1 Å². The third-order valence-corrected chi connectivity index (χ3v) is 6.28. The van der Waals surface area contributed by atoms with Crippen LogP contribution >= 0.6 is 0 Å². The van der Waals surface area contributed by atoms with Crippen molar-refractivity contribution in [3.63, 3.8) is 0 Å². The number of hydrogen-bond donors (Lipinski definition) is 2. The first-order valence-electron chi connectivity index (χ1n) is 11.6. The summed E-state index contributed by atoms with van der Waals surface area (Å²) < 4.78 is 35.8. The second kappa shape index (κ2) is 9.84. The van der Waals surface area contributed by atoms with Crippen LogP contribution in [0.15, 0.2) is 63.8 Å². The molecule has 2 aromatic heterocycles. The molecule has 0 bridgehead atoms. The fourth-order valence-electron chi connectivity index (χ4n) is 4.39. The largest absolute Gasteiger partial charge is 0.465 e. The van der Waals surface area contributed by atoms with Gasteiger partial charge in [-0.15, -0.1) is 0 Å². The number of carboxylic acid groups (broad SMARTS) is 1. The maximum Gasteiger partial charge on any atom is 0.404 e. The SMILES string of the molecule is Cc1ccccc1-n1nc(-c2oc(N3CCC(CNC(=O)O)C3)nc2-c2ccc(F)cc2F)ccc1=O. The fraction of sp³-hybridized carbons (Fsp3) is 0.231. The van der Waals surface area contributed by atoms with Gasteiger partial charge < -0.3 is 19.7 Å². The molecule has 1 unspecified atom stereocenters. The summed E-state index contributed by atoms with van der Waals surface area (Å²) in [6.07, 6.45) is -0.393. The number of rotatable bonds is 6. The van der Waals surface area contributed by atoms with E-state index < -0.39 is 17.7 Å². The second-order valence-corrected chi connectivity index (χ2v) is 8.84. The Hall–Kier alpha value is -4.54. The molecular weight excluding hydrogens is 484 g/mol. The predicted octanol–water partition coefficient (Wildman–Crippen LogP) is 4.24. The van der Waals surface area contributed by atoms with Crippen molar-refractivity contribution in [2.45, 2.75) is 13.3 Å². The molecule has 3 heterocycles. The Morgan fingerprint density at radius 2 is 2.00 bits per heavy atom. The molecule has 1 aliphatic rings. The van der Waals surface area contributed by atoms with Crippen LogP contribution in [0, 0.1) is 24.5 Å². The Labute approximate surface area is 210 Å². The van der Waals surface area contributed by atoms with E-state index in [2.05, 4.69) is 15.4 Å². The van der Waals surface area contributed by atoms with Crippen molar-refractivity contribution in [2.24, 2.45) is 5.92 Å². The fourth-order valence-corrected chi connectivity index (χ4v) is 4.39. The minimum absolute atomic E-state index is 0.0186. The maximum atomic E-state index is 14.8. The lowest BCUT2D eigenvalue weighted by atomic mass is 10.1. The first kappa shape index (κ1) is 24.2. The van der Waals surface area contributed by atoms with Gasteiger partial charge in [-0.1, -0.05) is 18.2 Å². The molecule has 0 saturated carbocycles. The first-order valence-corrected chi connectivity index (χ1v) is 11.6. The third-order valence-electron chi connectivity index (χ3n) is 6.28. The molecule has 37 heavy (non-hydrogen) atoms. The Morgan fingerprint density at radius 3 is 2.76 bits per heavy atom. The lowest BCUT2D eigenvalue weighted by molar-refractivity contribution is 0.192. The number of para-hydroxylation sites is 1. The monoisotopic (exact) mass is 507 g/mol. The minimum Gasteiger partial charge on any atom is -0.465 e. The number of amides is 1. The van der Waals surface area contributed by atoms with E-state index in [9.17, 15) is 18.4 Å². The maximum absolute atomic E-state index is 14.8. The summed E-state index contributed by atoms with van der Waals surface area (Å²) in [6.45, 7) is 3.15. The average molecular weight is 507 g/mol. The van der Waals surface area contributed by atoms with Gasteiger partial charge >= 0.3 is 6.09 Å². The molecule has 2 N–H and O–H groups in total. The van der Waals surface area contributed by atoms with Gasteiger partial charge in [-0.2, -0.15) is 14.8 Å². The zero-order chi connectivity index (χ0) is 26.1. The predicted molar refractivity (Wildman–Crippen MR) is 132 cm³/mol. The van der Waals surface area contributed by atoms with Crippen molar-refractivity contribution in [2.75, 3.05) is 24.5 Å². The quantitative estimate of drug-likeness (QED) is 0.401. The molecule has 1 fully saturated rings. The molecular formula is C26H23F2N5O4. The van der Waals surface area contributed by atoms with Crippen molar-refractivity contribution in [1.82, 2.24) is 20.1 Å². The topological polar surface area (TPSA) is 113 Å². The highest BCUT2D eigenvalue weighted by Gasteiger charge is 2.29. The van der Waals surface area contributed by atoms with Gasteiger partial charge in [-0.3, -0.25) is 4.79 Å². The highest BCUT2D eigenvalue weighted by atomic mass is 19.1. The molecule has 4 aromatic rings. The molecule has 1 saturated heterocycles. The highest BCUT2D eigenvalue weighted by Crippen LogP contribution is 2.37. The molecule has 11 heteroatoms. The normalized spacial score (nSPS) is 15.2. The number of benzene rings is 2. The van der Waals surface area contributed by atoms with Crippen LogP contribution in [0.2, 0.25) is 0 Å². The summed E-state index contributed by atoms with van der Waals surface area (Å²) in [5.41, 5.74) is 1.42. The summed E-state index contributed by atoms with van der Waals surface area (Å²) in [7, 11) is 0. The summed E-state index contributed by atoms with van der Waals surface area (Å²) in [6, 6.07) is 13.4. The van der Waals surface area contributed by atoms with Crippen molar-refractivity contribution in [3.8, 4) is 28.4 Å². The van der Waals surface area contributed by atoms with E-state index in [0.717, 1.165) is 17.7 Å². The summed E-state index contributed by atoms with van der Waals surface area (Å²) >= 11 is 0. The van der Waals surface area contributed by atoms with Crippen LogP contribution in [-0.2, 0) is 0 Å². The van der Waals surface area contributed by atoms with Crippen molar-refractivity contribution in [3.05, 3.63) is 82.1 Å². The molecule has 0 aliphatic carbocycles. The van der Waals surface area contributed by atoms with E-state index in [4.69, 9.17) is 9.52 Å². The zero-order valence-electron chi connectivity index (χ0n) is 19.8. The summed E-state index contributed by atoms with van der Waals surface area (Å²) in [5, 5.41) is 15.8. The minimum atomic E-state index is -1.10. The van der Waals surface area contributed by atoms with Crippen LogP contribution in [0.5, 0.6) is 0 Å². The molecule has 190 valence electrons. The number of nitrogens with zero attached hydrogens (tertiary/aromatic N) is 4. The molecule has 2 aromatic carbocycles. The number of aromatic nitrogens is 3. The molecule has 0 radical (unpaired) electrons. The Kier molecular flexibility index (Phi) is 6.43. The van der Waals surface area contributed by atoms with Crippen LogP contribution in [-0.4, -0.2) is 45.6 Å². The Bertz CT molecular complexity index is 1530. The van der Waals surface area contributed by atoms with Gasteiger partial charge in [-0.25, -0.2) is 13.6 Å². The van der Waals surface area contributed by atoms with E-state index in [1.165, 1.54) is 22.9 Å². The van der Waals surface area contributed by atoms with Crippen molar-refractivity contribution in [1.29, 1.82) is 0 Å². The standard InChI is InChI=1S/C26H23F2N5O4/c1-15-4-2-3-5-21(15)33-22(34)9-8-20(31-33)24-23(18-7-6-17(27)12-19(18)28)30-25(37-24)32-11-10-16(14-32)13-29-26(35)36/h2-9,12,16,29H,10-11,13-14H2,1H3,(H,35,36). The molecule has 5 rings (SSSR count). The van der Waals surface area contributed by atoms with E-state index in [1.54, 1.807) is 12.1 Å². The van der Waals surface area contributed by atoms with Gasteiger partial charge in [-0.05, 0) is 49.1 Å². The molecule has 1 amide bonds. The lowest BCUT2D eigenvalue weighted by Crippen LogP contribution is -2.29. The van der Waals surface area contributed by atoms with Crippen LogP contribution in [0.25, 0.3) is 28.4 Å². The summed E-state index contributed by atoms with van der Waals surface area (Å²) in [4.78, 5) is 29.9. The van der Waals surface area contributed by atoms with Gasteiger partial charge in [0.25, 0.3) is 11.6 Å². The molecule has 1 aliphatic heterocycles. The zero-order valence-corrected chi connectivity index (χ0v) is 19.8. The van der Waals surface area contributed by atoms with Gasteiger partial charge in [0, 0.05) is 37.3 Å². The van der Waals surface area contributed by atoms with Crippen LogP contribution in [0.4, 0.5) is 19.6 Å². The molecule has 0 spiro atoms. The lowest BCUT2D eigenvalue weighted by Gasteiger charge is -2.13. The average Bonchev–Trinajstić information content (AvgIpc) is 3.51. The van der Waals surface area contributed by atoms with Crippen LogP contribution < -0.4 is 15.8 Å². The number of carbonyl (C=O) groups is 1. The van der Waals surface area contributed by atoms with Crippen LogP contribution in [0.1, 0.15) is 12.0 Å². The smallest absolute Gasteiger partial charge is 0.404 e. The number of halogens is 2. The van der Waals surface area contributed by atoms with E-state index in [1.807, 2.05) is 24.0 Å². The van der Waals surface area contributed by atoms with Crippen molar-refractivity contribution < 1.29 is 23.1 Å². The number of anilines is 1. The highest BCUT2D eigenvalue weighted by molar-refractivity contribution is 5.76. The van der Waals surface area contributed by atoms with Crippen LogP contribution in [0.3, 0.4) is 0 Å². The van der Waals surface area contributed by atoms with Gasteiger partial charge in [0.05, 0.1) is 5.69 Å². The number of nitrogens with one attached hydrogen (secondary N) is 1. The number of hydrogen-bond acceptors (Lipinski definition) is 6. The van der Waals surface area contributed by atoms with E-state index in [0.29, 0.717) is 25.2 Å². The van der Waals surface area contributed by atoms with E-state index >= 15 is 0 Å². The summed E-state index contributed by atoms with van der Waals surface area (Å²) in [5.74, 6) is -1.39. The Balaban J connectivity index is 1.59. The molecule has 9 nitrogen and oxygen atoms in total.